The fraction of sp³-hybridized carbons (Fsp3) is 0.316. The Hall–Kier alpha value is -2.26. The Bertz CT molecular complexity index is 1010. The first-order valence-electron chi connectivity index (χ1n) is 8.60. The highest BCUT2D eigenvalue weighted by Gasteiger charge is 2.35. The van der Waals surface area contributed by atoms with Gasteiger partial charge < -0.3 is 10.6 Å². The highest BCUT2D eigenvalue weighted by atomic mass is 79.9. The molecule has 148 valence electrons. The molecule has 0 spiro atoms. The summed E-state index contributed by atoms with van der Waals surface area (Å²) >= 11 is 3.31. The van der Waals surface area contributed by atoms with Crippen LogP contribution < -0.4 is 10.6 Å². The number of hydrogen-bond donors (Lipinski definition) is 2. The summed E-state index contributed by atoms with van der Waals surface area (Å²) < 4.78 is 44.0. The van der Waals surface area contributed by atoms with Crippen molar-refractivity contribution in [3.05, 3.63) is 57.8 Å². The molecule has 28 heavy (non-hydrogen) atoms. The van der Waals surface area contributed by atoms with Gasteiger partial charge in [-0.2, -0.15) is 8.78 Å². The fourth-order valence-corrected chi connectivity index (χ4v) is 3.33. The maximum atomic E-state index is 14.9. The Kier molecular flexibility index (Phi) is 5.85. The number of hydrogen-bond acceptors (Lipinski definition) is 5. The Labute approximate surface area is 168 Å². The lowest BCUT2D eigenvalue weighted by molar-refractivity contribution is -0.00488. The SMILES string of the molecule is CNCC(F)(F)c1cccc([C@@H](C)Nc2nc(C)nc3cnc(Br)cc23)c1F. The summed E-state index contributed by atoms with van der Waals surface area (Å²) in [5.41, 5.74) is 0.120. The van der Waals surface area contributed by atoms with Crippen LogP contribution in [0.5, 0.6) is 0 Å². The molecule has 0 aliphatic heterocycles. The van der Waals surface area contributed by atoms with Gasteiger partial charge in [0.15, 0.2) is 0 Å². The zero-order chi connectivity index (χ0) is 20.5. The van der Waals surface area contributed by atoms with E-state index in [2.05, 4.69) is 41.5 Å². The number of aromatic nitrogens is 3. The smallest absolute Gasteiger partial charge is 0.288 e. The van der Waals surface area contributed by atoms with Gasteiger partial charge in [0.25, 0.3) is 5.92 Å². The van der Waals surface area contributed by atoms with Gasteiger partial charge in [-0.15, -0.1) is 0 Å². The van der Waals surface area contributed by atoms with Gasteiger partial charge in [0.05, 0.1) is 29.9 Å². The third-order valence-corrected chi connectivity index (χ3v) is 4.74. The lowest BCUT2D eigenvalue weighted by Gasteiger charge is -2.22. The molecule has 1 aromatic carbocycles. The van der Waals surface area contributed by atoms with Gasteiger partial charge in [-0.3, -0.25) is 0 Å². The third kappa shape index (κ3) is 4.10. The summed E-state index contributed by atoms with van der Waals surface area (Å²) in [5, 5.41) is 6.21. The molecular weight excluding hydrogens is 435 g/mol. The lowest BCUT2D eigenvalue weighted by atomic mass is 10.00. The van der Waals surface area contributed by atoms with E-state index in [1.165, 1.54) is 19.2 Å². The quantitative estimate of drug-likeness (QED) is 0.528. The van der Waals surface area contributed by atoms with Gasteiger partial charge in [0.2, 0.25) is 0 Å². The van der Waals surface area contributed by atoms with Crippen molar-refractivity contribution in [1.82, 2.24) is 20.3 Å². The van der Waals surface area contributed by atoms with E-state index >= 15 is 0 Å². The van der Waals surface area contributed by atoms with E-state index in [0.717, 1.165) is 6.07 Å². The maximum Gasteiger partial charge on any atom is 0.288 e. The molecule has 0 amide bonds. The molecule has 0 saturated heterocycles. The molecule has 0 fully saturated rings. The van der Waals surface area contributed by atoms with E-state index in [0.29, 0.717) is 27.1 Å². The average molecular weight is 454 g/mol. The highest BCUT2D eigenvalue weighted by Crippen LogP contribution is 2.34. The first-order chi connectivity index (χ1) is 13.2. The largest absolute Gasteiger partial charge is 0.363 e. The van der Waals surface area contributed by atoms with Crippen molar-refractivity contribution in [2.75, 3.05) is 18.9 Å². The molecule has 5 nitrogen and oxygen atoms in total. The summed E-state index contributed by atoms with van der Waals surface area (Å²) in [6, 6.07) is 5.17. The minimum atomic E-state index is -3.32. The van der Waals surface area contributed by atoms with E-state index in [1.807, 2.05) is 0 Å². The number of alkyl halides is 2. The molecule has 9 heteroatoms. The van der Waals surface area contributed by atoms with Gasteiger partial charge in [-0.05, 0) is 42.9 Å². The summed E-state index contributed by atoms with van der Waals surface area (Å²) in [6.07, 6.45) is 1.60. The van der Waals surface area contributed by atoms with Crippen LogP contribution in [0.15, 0.2) is 35.1 Å². The van der Waals surface area contributed by atoms with Gasteiger partial charge in [-0.1, -0.05) is 18.2 Å². The summed E-state index contributed by atoms with van der Waals surface area (Å²) in [7, 11) is 1.40. The van der Waals surface area contributed by atoms with Crippen LogP contribution in [-0.4, -0.2) is 28.5 Å². The van der Waals surface area contributed by atoms with Crippen LogP contribution in [-0.2, 0) is 5.92 Å². The predicted molar refractivity (Wildman–Crippen MR) is 106 cm³/mol. The first kappa shape index (κ1) is 20.5. The third-order valence-electron chi connectivity index (χ3n) is 4.30. The van der Waals surface area contributed by atoms with Crippen LogP contribution >= 0.6 is 15.9 Å². The van der Waals surface area contributed by atoms with Crippen molar-refractivity contribution in [2.24, 2.45) is 0 Å². The number of nitrogens with zero attached hydrogens (tertiary/aromatic N) is 3. The first-order valence-corrected chi connectivity index (χ1v) is 9.40. The van der Waals surface area contributed by atoms with Gasteiger partial charge in [-0.25, -0.2) is 19.3 Å². The van der Waals surface area contributed by atoms with Crippen LogP contribution in [0.3, 0.4) is 0 Å². The second-order valence-electron chi connectivity index (χ2n) is 6.45. The molecule has 1 atom stereocenters. The van der Waals surface area contributed by atoms with Crippen molar-refractivity contribution in [1.29, 1.82) is 0 Å². The number of halogens is 4. The predicted octanol–water partition coefficient (Wildman–Crippen LogP) is 4.72. The summed E-state index contributed by atoms with van der Waals surface area (Å²) in [4.78, 5) is 12.9. The second-order valence-corrected chi connectivity index (χ2v) is 7.27. The summed E-state index contributed by atoms with van der Waals surface area (Å²) in [5.74, 6) is -3.25. The molecule has 3 rings (SSSR count). The molecule has 0 aliphatic rings. The van der Waals surface area contributed by atoms with E-state index in [9.17, 15) is 13.2 Å². The van der Waals surface area contributed by atoms with Crippen molar-refractivity contribution >= 4 is 32.7 Å². The van der Waals surface area contributed by atoms with E-state index in [1.54, 1.807) is 26.1 Å². The van der Waals surface area contributed by atoms with Crippen molar-refractivity contribution in [3.8, 4) is 0 Å². The molecule has 0 saturated carbocycles. The topological polar surface area (TPSA) is 62.7 Å². The maximum absolute atomic E-state index is 14.9. The van der Waals surface area contributed by atoms with Crippen LogP contribution in [0, 0.1) is 12.7 Å². The monoisotopic (exact) mass is 453 g/mol. The van der Waals surface area contributed by atoms with Crippen molar-refractivity contribution in [3.63, 3.8) is 0 Å². The van der Waals surface area contributed by atoms with Gasteiger partial charge in [0.1, 0.15) is 22.1 Å². The Balaban J connectivity index is 2.00. The number of nitrogens with one attached hydrogen (secondary N) is 2. The second kappa shape index (κ2) is 8.00. The molecule has 2 N–H and O–H groups in total. The molecular formula is C19H19BrF3N5. The normalized spacial score (nSPS) is 13.0. The molecule has 0 aliphatic carbocycles. The fourth-order valence-electron chi connectivity index (χ4n) is 3.00. The zero-order valence-electron chi connectivity index (χ0n) is 15.5. The number of likely N-dealkylation sites (N-methyl/N-ethyl adjacent to an activating group) is 1. The van der Waals surface area contributed by atoms with E-state index in [-0.39, 0.29) is 5.56 Å². The van der Waals surface area contributed by atoms with Gasteiger partial charge >= 0.3 is 0 Å². The number of anilines is 1. The molecule has 3 aromatic rings. The van der Waals surface area contributed by atoms with E-state index in [4.69, 9.17) is 0 Å². The number of aryl methyl sites for hydroxylation is 1. The average Bonchev–Trinajstić information content (AvgIpc) is 2.62. The Morgan fingerprint density at radius 3 is 2.71 bits per heavy atom. The van der Waals surface area contributed by atoms with Crippen molar-refractivity contribution in [2.45, 2.75) is 25.8 Å². The highest BCUT2D eigenvalue weighted by molar-refractivity contribution is 9.10. The lowest BCUT2D eigenvalue weighted by Crippen LogP contribution is -2.29. The van der Waals surface area contributed by atoms with Crippen molar-refractivity contribution < 1.29 is 13.2 Å². The zero-order valence-corrected chi connectivity index (χ0v) is 17.1. The van der Waals surface area contributed by atoms with Crippen LogP contribution in [0.4, 0.5) is 19.0 Å². The molecule has 2 aromatic heterocycles. The molecule has 2 heterocycles. The van der Waals surface area contributed by atoms with Crippen LogP contribution in [0.1, 0.15) is 29.9 Å². The Morgan fingerprint density at radius 1 is 1.25 bits per heavy atom. The minimum Gasteiger partial charge on any atom is -0.363 e. The number of pyridine rings is 1. The summed E-state index contributed by atoms with van der Waals surface area (Å²) in [6.45, 7) is 2.78. The number of rotatable bonds is 6. The minimum absolute atomic E-state index is 0.130. The van der Waals surface area contributed by atoms with Crippen LogP contribution in [0.2, 0.25) is 0 Å². The van der Waals surface area contributed by atoms with Gasteiger partial charge in [0, 0.05) is 10.9 Å². The number of fused-ring (bicyclic) bond motifs is 1. The van der Waals surface area contributed by atoms with Crippen LogP contribution in [0.25, 0.3) is 10.9 Å². The Morgan fingerprint density at radius 2 is 2.00 bits per heavy atom. The number of benzene rings is 1. The molecule has 0 radical (unpaired) electrons. The molecule has 0 bridgehead atoms. The van der Waals surface area contributed by atoms with E-state index < -0.39 is 29.9 Å². The standard InChI is InChI=1S/C19H19BrF3N5/c1-10(12-5-4-6-14(17(12)21)19(22,23)9-24-3)26-18-13-7-16(20)25-8-15(13)27-11(2)28-18/h4-8,10,24H,9H2,1-3H3,(H,26,27,28)/t10-/m1/s1. The molecule has 0 unspecified atom stereocenters.